The zero-order valence-corrected chi connectivity index (χ0v) is 8.99. The molecule has 1 saturated carbocycles. The van der Waals surface area contributed by atoms with Gasteiger partial charge < -0.3 is 5.11 Å². The summed E-state index contributed by atoms with van der Waals surface area (Å²) >= 11 is 0. The lowest BCUT2D eigenvalue weighted by molar-refractivity contribution is -0.137. The number of carbonyl (C=O) groups is 1. The molecular formula is C7H14N2O4S. The molecule has 0 heterocycles. The van der Waals surface area contributed by atoms with Crippen LogP contribution in [0.3, 0.4) is 0 Å². The van der Waals surface area contributed by atoms with E-state index in [0.717, 1.165) is 21.5 Å². The fraction of sp³-hybridized carbons (Fsp3) is 0.857. The molecule has 0 saturated heterocycles. The van der Waals surface area contributed by atoms with E-state index < -0.39 is 22.7 Å². The average molecular weight is 222 g/mol. The van der Waals surface area contributed by atoms with Gasteiger partial charge in [-0.05, 0) is 12.8 Å². The fourth-order valence-corrected chi connectivity index (χ4v) is 2.39. The summed E-state index contributed by atoms with van der Waals surface area (Å²) in [6, 6.07) is -0.126. The van der Waals surface area contributed by atoms with Crippen molar-refractivity contribution in [3.63, 3.8) is 0 Å². The van der Waals surface area contributed by atoms with Gasteiger partial charge in [0.15, 0.2) is 0 Å². The monoisotopic (exact) mass is 222 g/mol. The molecule has 0 amide bonds. The lowest BCUT2D eigenvalue weighted by Gasteiger charge is -2.23. The minimum Gasteiger partial charge on any atom is -0.480 e. The van der Waals surface area contributed by atoms with Gasteiger partial charge in [0.2, 0.25) is 0 Å². The highest BCUT2D eigenvalue weighted by molar-refractivity contribution is 7.86. The summed E-state index contributed by atoms with van der Waals surface area (Å²) < 4.78 is 25.3. The predicted octanol–water partition coefficient (Wildman–Crippen LogP) is -0.658. The van der Waals surface area contributed by atoms with Crippen LogP contribution in [0.15, 0.2) is 0 Å². The van der Waals surface area contributed by atoms with Gasteiger partial charge >= 0.3 is 5.97 Å². The van der Waals surface area contributed by atoms with Gasteiger partial charge in [-0.15, -0.1) is 0 Å². The second-order valence-electron chi connectivity index (χ2n) is 3.46. The first-order valence-electron chi connectivity index (χ1n) is 4.27. The second-order valence-corrected chi connectivity index (χ2v) is 5.56. The largest absolute Gasteiger partial charge is 0.480 e. The van der Waals surface area contributed by atoms with Crippen molar-refractivity contribution in [2.45, 2.75) is 18.9 Å². The Morgan fingerprint density at radius 2 is 1.93 bits per heavy atom. The summed E-state index contributed by atoms with van der Waals surface area (Å²) in [6.45, 7) is -0.453. The highest BCUT2D eigenvalue weighted by atomic mass is 32.2. The van der Waals surface area contributed by atoms with Crippen LogP contribution >= 0.6 is 0 Å². The quantitative estimate of drug-likeness (QED) is 0.670. The molecule has 82 valence electrons. The predicted molar refractivity (Wildman–Crippen MR) is 50.0 cm³/mol. The highest BCUT2D eigenvalue weighted by Crippen LogP contribution is 2.29. The van der Waals surface area contributed by atoms with E-state index >= 15 is 0 Å². The molecule has 0 unspecified atom stereocenters. The molecule has 14 heavy (non-hydrogen) atoms. The number of carboxylic acid groups (broad SMARTS) is 1. The fourth-order valence-electron chi connectivity index (χ4n) is 1.10. The van der Waals surface area contributed by atoms with E-state index in [1.807, 2.05) is 0 Å². The number of rotatable bonds is 5. The molecule has 1 rings (SSSR count). The molecule has 0 aliphatic heterocycles. The third-order valence-corrected chi connectivity index (χ3v) is 3.95. The van der Waals surface area contributed by atoms with Crippen molar-refractivity contribution in [1.29, 1.82) is 0 Å². The highest BCUT2D eigenvalue weighted by Gasteiger charge is 2.39. The van der Waals surface area contributed by atoms with Crippen LogP contribution in [0.4, 0.5) is 0 Å². The maximum Gasteiger partial charge on any atom is 0.318 e. The maximum absolute atomic E-state index is 11.6. The first-order chi connectivity index (χ1) is 6.35. The van der Waals surface area contributed by atoms with Crippen molar-refractivity contribution < 1.29 is 18.3 Å². The number of hydrogen-bond acceptors (Lipinski definition) is 3. The topological polar surface area (TPSA) is 77.9 Å². The lowest BCUT2D eigenvalue weighted by Crippen LogP contribution is -2.44. The van der Waals surface area contributed by atoms with Crippen molar-refractivity contribution in [1.82, 2.24) is 8.61 Å². The van der Waals surface area contributed by atoms with Gasteiger partial charge in [-0.3, -0.25) is 4.79 Å². The molecule has 0 radical (unpaired) electrons. The molecule has 0 aromatic heterocycles. The van der Waals surface area contributed by atoms with Gasteiger partial charge in [-0.1, -0.05) is 0 Å². The van der Waals surface area contributed by atoms with Crippen molar-refractivity contribution in [3.8, 4) is 0 Å². The van der Waals surface area contributed by atoms with E-state index in [1.165, 1.54) is 14.1 Å². The molecule has 1 N–H and O–H groups in total. The molecule has 1 aliphatic carbocycles. The van der Waals surface area contributed by atoms with Crippen LogP contribution < -0.4 is 0 Å². The molecule has 7 heteroatoms. The first-order valence-corrected chi connectivity index (χ1v) is 5.66. The van der Waals surface area contributed by atoms with Crippen LogP contribution in [0.5, 0.6) is 0 Å². The lowest BCUT2D eigenvalue weighted by atomic mass is 10.6. The number of nitrogens with zero attached hydrogens (tertiary/aromatic N) is 2. The van der Waals surface area contributed by atoms with E-state index in [2.05, 4.69) is 0 Å². The molecule has 0 atom stereocenters. The molecule has 1 aliphatic rings. The van der Waals surface area contributed by atoms with E-state index in [-0.39, 0.29) is 6.04 Å². The Balaban J connectivity index is 2.82. The average Bonchev–Trinajstić information content (AvgIpc) is 2.81. The van der Waals surface area contributed by atoms with E-state index in [4.69, 9.17) is 5.11 Å². The Morgan fingerprint density at radius 3 is 2.21 bits per heavy atom. The van der Waals surface area contributed by atoms with Gasteiger partial charge in [-0.25, -0.2) is 0 Å². The standard InChI is InChI=1S/C7H14N2O4S/c1-8(2)14(12,13)9(5-7(10)11)6-3-4-6/h6H,3-5H2,1-2H3,(H,10,11). The van der Waals surface area contributed by atoms with E-state index in [9.17, 15) is 13.2 Å². The van der Waals surface area contributed by atoms with Crippen molar-refractivity contribution in [2.24, 2.45) is 0 Å². The number of aliphatic carboxylic acids is 1. The Hall–Kier alpha value is -0.660. The summed E-state index contributed by atoms with van der Waals surface area (Å²) in [5, 5.41) is 8.58. The summed E-state index contributed by atoms with van der Waals surface area (Å²) in [5.74, 6) is -1.12. The van der Waals surface area contributed by atoms with Gasteiger partial charge in [0.05, 0.1) is 0 Å². The summed E-state index contributed by atoms with van der Waals surface area (Å²) in [6.07, 6.45) is 1.50. The van der Waals surface area contributed by atoms with Gasteiger partial charge in [0.25, 0.3) is 10.2 Å². The van der Waals surface area contributed by atoms with Crippen molar-refractivity contribution in [2.75, 3.05) is 20.6 Å². The zero-order valence-electron chi connectivity index (χ0n) is 8.17. The Kier molecular flexibility index (Phi) is 3.13. The van der Waals surface area contributed by atoms with Gasteiger partial charge in [0.1, 0.15) is 6.54 Å². The minimum atomic E-state index is -3.58. The number of carboxylic acids is 1. The third kappa shape index (κ3) is 2.43. The Labute approximate surface area is 83.3 Å². The van der Waals surface area contributed by atoms with E-state index in [1.54, 1.807) is 0 Å². The smallest absolute Gasteiger partial charge is 0.318 e. The second kappa shape index (κ2) is 3.84. The Bertz CT molecular complexity index is 321. The van der Waals surface area contributed by atoms with E-state index in [0.29, 0.717) is 0 Å². The van der Waals surface area contributed by atoms with Crippen molar-refractivity contribution >= 4 is 16.2 Å². The van der Waals surface area contributed by atoms with Gasteiger partial charge in [0, 0.05) is 20.1 Å². The normalized spacial score (nSPS) is 17.7. The summed E-state index contributed by atoms with van der Waals surface area (Å²) in [7, 11) is -0.794. The van der Waals surface area contributed by atoms with Crippen LogP contribution in [-0.4, -0.2) is 54.8 Å². The van der Waals surface area contributed by atoms with Crippen molar-refractivity contribution in [3.05, 3.63) is 0 Å². The minimum absolute atomic E-state index is 0.126. The molecule has 0 aromatic rings. The van der Waals surface area contributed by atoms with Crippen LogP contribution in [0, 0.1) is 0 Å². The van der Waals surface area contributed by atoms with Crippen LogP contribution in [0.25, 0.3) is 0 Å². The van der Waals surface area contributed by atoms with Gasteiger partial charge in [-0.2, -0.15) is 17.0 Å². The summed E-state index contributed by atoms with van der Waals surface area (Å²) in [5.41, 5.74) is 0. The Morgan fingerprint density at radius 1 is 1.43 bits per heavy atom. The molecule has 1 fully saturated rings. The summed E-state index contributed by atoms with van der Waals surface area (Å²) in [4.78, 5) is 10.5. The third-order valence-electron chi connectivity index (χ3n) is 2.00. The molecule has 6 nitrogen and oxygen atoms in total. The van der Waals surface area contributed by atoms with Crippen LogP contribution in [0.1, 0.15) is 12.8 Å². The molecule has 0 spiro atoms. The molecule has 0 aromatic carbocycles. The maximum atomic E-state index is 11.6. The SMILES string of the molecule is CN(C)S(=O)(=O)N(CC(=O)O)C1CC1. The van der Waals surface area contributed by atoms with Crippen LogP contribution in [0.2, 0.25) is 0 Å². The number of hydrogen-bond donors (Lipinski definition) is 1. The van der Waals surface area contributed by atoms with Crippen LogP contribution in [-0.2, 0) is 15.0 Å². The zero-order chi connectivity index (χ0) is 10.9. The molecule has 0 bridgehead atoms. The first kappa shape index (κ1) is 11.4. The molecular weight excluding hydrogens is 208 g/mol.